The second-order valence-corrected chi connectivity index (χ2v) is 10.4. The van der Waals surface area contributed by atoms with Crippen molar-refractivity contribution in [2.75, 3.05) is 26.8 Å². The van der Waals surface area contributed by atoms with Crippen LogP contribution in [-0.4, -0.2) is 58.2 Å². The maximum Gasteiger partial charge on any atom is 0.251 e. The van der Waals surface area contributed by atoms with Gasteiger partial charge in [-0.15, -0.1) is 0 Å². The summed E-state index contributed by atoms with van der Waals surface area (Å²) in [6.07, 6.45) is 1.88. The largest absolute Gasteiger partial charge is 0.495 e. The molecule has 2 aromatic carbocycles. The molecule has 1 saturated carbocycles. The molecule has 2 N–H and O–H groups in total. The van der Waals surface area contributed by atoms with Crippen molar-refractivity contribution < 1.29 is 22.7 Å². The zero-order chi connectivity index (χ0) is 23.4. The standard InChI is InChI=1S/C24H31N3O5S/c1-17-15-27(10-11-32-17)16-19-5-3-4-18(12-19)14-25-24(28)20-6-9-22(31-2)23(13-20)33(29,30)26-21-7-8-21/h3-6,9,12-13,17,21,26H,7-8,10-11,14-16H2,1-2H3,(H,25,28). The molecule has 33 heavy (non-hydrogen) atoms. The molecule has 0 bridgehead atoms. The monoisotopic (exact) mass is 473 g/mol. The number of hydrogen-bond donors (Lipinski definition) is 2. The van der Waals surface area contributed by atoms with Crippen LogP contribution in [0.15, 0.2) is 47.4 Å². The number of rotatable bonds is 9. The van der Waals surface area contributed by atoms with Crippen molar-refractivity contribution in [2.24, 2.45) is 0 Å². The van der Waals surface area contributed by atoms with Gasteiger partial charge in [0.1, 0.15) is 10.6 Å². The molecule has 8 nitrogen and oxygen atoms in total. The SMILES string of the molecule is COc1ccc(C(=O)NCc2cccc(CN3CCOC(C)C3)c2)cc1S(=O)(=O)NC1CC1. The fourth-order valence-corrected chi connectivity index (χ4v) is 5.43. The van der Waals surface area contributed by atoms with Gasteiger partial charge in [0, 0.05) is 37.8 Å². The lowest BCUT2D eigenvalue weighted by Crippen LogP contribution is -2.40. The number of carbonyl (C=O) groups excluding carboxylic acids is 1. The Bertz CT molecular complexity index is 1100. The van der Waals surface area contributed by atoms with Gasteiger partial charge in [-0.05, 0) is 49.1 Å². The van der Waals surface area contributed by atoms with Crippen molar-refractivity contribution >= 4 is 15.9 Å². The number of nitrogens with one attached hydrogen (secondary N) is 2. The number of amides is 1. The molecule has 0 spiro atoms. The first-order valence-electron chi connectivity index (χ1n) is 11.2. The first-order valence-corrected chi connectivity index (χ1v) is 12.7. The number of morpholine rings is 1. The number of ether oxygens (including phenoxy) is 2. The van der Waals surface area contributed by atoms with Gasteiger partial charge in [0.05, 0.1) is 19.8 Å². The summed E-state index contributed by atoms with van der Waals surface area (Å²) >= 11 is 0. The Balaban J connectivity index is 1.41. The Morgan fingerprint density at radius 1 is 1.18 bits per heavy atom. The molecule has 178 valence electrons. The van der Waals surface area contributed by atoms with Gasteiger partial charge in [-0.2, -0.15) is 0 Å². The van der Waals surface area contributed by atoms with Gasteiger partial charge in [0.2, 0.25) is 10.0 Å². The molecule has 0 aromatic heterocycles. The average Bonchev–Trinajstić information content (AvgIpc) is 3.60. The van der Waals surface area contributed by atoms with Crippen LogP contribution in [0.3, 0.4) is 0 Å². The summed E-state index contributed by atoms with van der Waals surface area (Å²) in [6, 6.07) is 12.5. The highest BCUT2D eigenvalue weighted by Crippen LogP contribution is 2.28. The third-order valence-corrected chi connectivity index (χ3v) is 7.33. The van der Waals surface area contributed by atoms with Crippen molar-refractivity contribution in [3.05, 3.63) is 59.2 Å². The van der Waals surface area contributed by atoms with Crippen LogP contribution in [0.1, 0.15) is 41.3 Å². The highest BCUT2D eigenvalue weighted by molar-refractivity contribution is 7.89. The highest BCUT2D eigenvalue weighted by Gasteiger charge is 2.30. The van der Waals surface area contributed by atoms with Gasteiger partial charge < -0.3 is 14.8 Å². The van der Waals surface area contributed by atoms with E-state index < -0.39 is 10.0 Å². The van der Waals surface area contributed by atoms with Crippen molar-refractivity contribution in [3.8, 4) is 5.75 Å². The number of nitrogens with zero attached hydrogens (tertiary/aromatic N) is 1. The van der Waals surface area contributed by atoms with E-state index in [-0.39, 0.29) is 34.3 Å². The second-order valence-electron chi connectivity index (χ2n) is 8.68. The molecule has 9 heteroatoms. The number of sulfonamides is 1. The molecule has 0 radical (unpaired) electrons. The van der Waals surface area contributed by atoms with Gasteiger partial charge in [0.25, 0.3) is 5.91 Å². The van der Waals surface area contributed by atoms with E-state index in [0.29, 0.717) is 6.54 Å². The molecule has 2 aromatic rings. The molecule has 1 amide bonds. The topological polar surface area (TPSA) is 97.0 Å². The summed E-state index contributed by atoms with van der Waals surface area (Å²) < 4.78 is 38.9. The molecular formula is C24H31N3O5S. The zero-order valence-corrected chi connectivity index (χ0v) is 19.9. The highest BCUT2D eigenvalue weighted by atomic mass is 32.2. The molecule has 1 aliphatic heterocycles. The maximum absolute atomic E-state index is 12.8. The first kappa shape index (κ1) is 23.7. The Morgan fingerprint density at radius 3 is 2.70 bits per heavy atom. The smallest absolute Gasteiger partial charge is 0.251 e. The fourth-order valence-electron chi connectivity index (χ4n) is 3.93. The summed E-state index contributed by atoms with van der Waals surface area (Å²) in [5, 5.41) is 2.89. The van der Waals surface area contributed by atoms with Crippen LogP contribution in [0.25, 0.3) is 0 Å². The van der Waals surface area contributed by atoms with E-state index in [2.05, 4.69) is 34.0 Å². The van der Waals surface area contributed by atoms with Gasteiger partial charge >= 0.3 is 0 Å². The van der Waals surface area contributed by atoms with E-state index in [4.69, 9.17) is 9.47 Å². The minimum atomic E-state index is -3.76. The third-order valence-electron chi connectivity index (χ3n) is 5.79. The minimum absolute atomic E-state index is 0.0220. The molecule has 1 aliphatic carbocycles. The van der Waals surface area contributed by atoms with Crippen LogP contribution in [0, 0.1) is 0 Å². The second kappa shape index (κ2) is 10.2. The van der Waals surface area contributed by atoms with Crippen molar-refractivity contribution in [1.29, 1.82) is 0 Å². The third kappa shape index (κ3) is 6.32. The fraction of sp³-hybridized carbons (Fsp3) is 0.458. The van der Waals surface area contributed by atoms with Crippen LogP contribution in [-0.2, 0) is 27.8 Å². The van der Waals surface area contributed by atoms with E-state index in [0.717, 1.165) is 44.6 Å². The van der Waals surface area contributed by atoms with Gasteiger partial charge in [-0.3, -0.25) is 9.69 Å². The maximum atomic E-state index is 12.8. The van der Waals surface area contributed by atoms with E-state index in [1.807, 2.05) is 12.1 Å². The number of benzene rings is 2. The first-order chi connectivity index (χ1) is 15.8. The number of carbonyl (C=O) groups is 1. The lowest BCUT2D eigenvalue weighted by Gasteiger charge is -2.31. The van der Waals surface area contributed by atoms with Crippen molar-refractivity contribution in [3.63, 3.8) is 0 Å². The van der Waals surface area contributed by atoms with Gasteiger partial charge in [0.15, 0.2) is 0 Å². The summed E-state index contributed by atoms with van der Waals surface area (Å²) in [5.74, 6) is -0.127. The molecule has 1 atom stereocenters. The molecule has 1 saturated heterocycles. The van der Waals surface area contributed by atoms with Crippen molar-refractivity contribution in [1.82, 2.24) is 14.9 Å². The van der Waals surface area contributed by atoms with Gasteiger partial charge in [-0.1, -0.05) is 24.3 Å². The van der Waals surface area contributed by atoms with Crippen LogP contribution in [0.4, 0.5) is 0 Å². The molecular weight excluding hydrogens is 442 g/mol. The molecule has 2 fully saturated rings. The lowest BCUT2D eigenvalue weighted by molar-refractivity contribution is -0.0212. The van der Waals surface area contributed by atoms with Crippen LogP contribution >= 0.6 is 0 Å². The van der Waals surface area contributed by atoms with Gasteiger partial charge in [-0.25, -0.2) is 13.1 Å². The molecule has 2 aliphatic rings. The summed E-state index contributed by atoms with van der Waals surface area (Å²) in [4.78, 5) is 15.1. The van der Waals surface area contributed by atoms with E-state index in [1.165, 1.54) is 24.8 Å². The van der Waals surface area contributed by atoms with E-state index in [1.54, 1.807) is 6.07 Å². The molecule has 1 unspecified atom stereocenters. The van der Waals surface area contributed by atoms with Crippen molar-refractivity contribution in [2.45, 2.75) is 49.9 Å². The Kier molecular flexibility index (Phi) is 7.33. The Labute approximate surface area is 195 Å². The number of methoxy groups -OCH3 is 1. The summed E-state index contributed by atoms with van der Waals surface area (Å²) in [7, 11) is -2.34. The van der Waals surface area contributed by atoms with Crippen LogP contribution < -0.4 is 14.8 Å². The summed E-state index contributed by atoms with van der Waals surface area (Å²) in [6.45, 7) is 5.81. The predicted octanol–water partition coefficient (Wildman–Crippen LogP) is 2.29. The Morgan fingerprint density at radius 2 is 1.97 bits per heavy atom. The minimum Gasteiger partial charge on any atom is -0.495 e. The molecule has 1 heterocycles. The van der Waals surface area contributed by atoms with E-state index in [9.17, 15) is 13.2 Å². The van der Waals surface area contributed by atoms with Crippen LogP contribution in [0.2, 0.25) is 0 Å². The Hall–Kier alpha value is -2.46. The zero-order valence-electron chi connectivity index (χ0n) is 19.0. The number of hydrogen-bond acceptors (Lipinski definition) is 6. The normalized spacial score (nSPS) is 19.3. The quantitative estimate of drug-likeness (QED) is 0.580. The predicted molar refractivity (Wildman–Crippen MR) is 125 cm³/mol. The van der Waals surface area contributed by atoms with Crippen LogP contribution in [0.5, 0.6) is 5.75 Å². The van der Waals surface area contributed by atoms with E-state index >= 15 is 0 Å². The lowest BCUT2D eigenvalue weighted by atomic mass is 10.1. The molecule has 4 rings (SSSR count). The average molecular weight is 474 g/mol. The summed E-state index contributed by atoms with van der Waals surface area (Å²) in [5.41, 5.74) is 2.43.